The van der Waals surface area contributed by atoms with Crippen LogP contribution in [0.15, 0.2) is 24.3 Å². The number of fused-ring (bicyclic) bond motifs is 1. The van der Waals surface area contributed by atoms with Crippen LogP contribution in [-0.2, 0) is 16.1 Å². The third-order valence-corrected chi connectivity index (χ3v) is 6.15. The van der Waals surface area contributed by atoms with E-state index in [2.05, 4.69) is 24.3 Å². The molecule has 1 aliphatic rings. The number of hydrogen-bond acceptors (Lipinski definition) is 5. The van der Waals surface area contributed by atoms with Crippen molar-refractivity contribution in [3.63, 3.8) is 0 Å². The molecule has 1 aromatic carbocycles. The van der Waals surface area contributed by atoms with Crippen LogP contribution >= 0.6 is 0 Å². The van der Waals surface area contributed by atoms with Crippen LogP contribution in [0.1, 0.15) is 79.9 Å². The molecule has 0 saturated carbocycles. The van der Waals surface area contributed by atoms with E-state index in [4.69, 9.17) is 4.74 Å². The molecule has 1 unspecified atom stereocenters. The summed E-state index contributed by atoms with van der Waals surface area (Å²) in [4.78, 5) is 40.9. The van der Waals surface area contributed by atoms with Crippen LogP contribution in [0.5, 0.6) is 0 Å². The number of rotatable bonds is 9. The summed E-state index contributed by atoms with van der Waals surface area (Å²) in [5, 5.41) is 7.35. The maximum Gasteiger partial charge on any atom is 0.358 e. The summed E-state index contributed by atoms with van der Waals surface area (Å²) in [6, 6.07) is 5.76. The molecule has 2 heterocycles. The summed E-state index contributed by atoms with van der Waals surface area (Å²) in [7, 11) is 0. The molecule has 3 rings (SSSR count). The second-order valence-corrected chi connectivity index (χ2v) is 8.89. The lowest BCUT2D eigenvalue weighted by Crippen LogP contribution is -2.65. The first kappa shape index (κ1) is 25.4. The molecule has 1 N–H and O–H groups in total. The first-order valence-corrected chi connectivity index (χ1v) is 11.8. The van der Waals surface area contributed by atoms with Gasteiger partial charge in [-0.05, 0) is 51.3 Å². The van der Waals surface area contributed by atoms with E-state index in [1.807, 2.05) is 0 Å². The summed E-state index contributed by atoms with van der Waals surface area (Å²) in [5.41, 5.74) is -0.588. The number of ether oxygens (including phenoxy) is 1. The molecule has 0 saturated heterocycles. The standard InChI is InChI=1S/C25H33FN4O4/c1-6-9-17(10-7-2)27-24(33)25(5)15-29-21(14-20(28-29)23(32)34-8-3)22(31)30(25)18-12-11-16(4)19(26)13-18/h11-14,17H,6-10,15H2,1-5H3,(H,27,33). The van der Waals surface area contributed by atoms with Gasteiger partial charge in [-0.3, -0.25) is 19.2 Å². The van der Waals surface area contributed by atoms with Crippen molar-refractivity contribution in [2.75, 3.05) is 11.5 Å². The molecule has 8 nitrogen and oxygen atoms in total. The number of esters is 1. The van der Waals surface area contributed by atoms with Crippen LogP contribution in [0, 0.1) is 12.7 Å². The van der Waals surface area contributed by atoms with E-state index >= 15 is 0 Å². The maximum atomic E-state index is 14.5. The van der Waals surface area contributed by atoms with Gasteiger partial charge in [-0.1, -0.05) is 32.8 Å². The molecule has 1 aliphatic heterocycles. The Kier molecular flexibility index (Phi) is 7.74. The number of nitrogens with zero attached hydrogens (tertiary/aromatic N) is 3. The second kappa shape index (κ2) is 10.4. The number of carbonyl (C=O) groups excluding carboxylic acids is 3. The van der Waals surface area contributed by atoms with Crippen LogP contribution in [0.25, 0.3) is 0 Å². The number of nitrogens with one attached hydrogen (secondary N) is 1. The molecule has 0 fully saturated rings. The van der Waals surface area contributed by atoms with Crippen molar-refractivity contribution in [2.24, 2.45) is 0 Å². The summed E-state index contributed by atoms with van der Waals surface area (Å²) >= 11 is 0. The highest BCUT2D eigenvalue weighted by Crippen LogP contribution is 2.34. The first-order chi connectivity index (χ1) is 16.2. The first-order valence-electron chi connectivity index (χ1n) is 11.8. The van der Waals surface area contributed by atoms with E-state index in [1.54, 1.807) is 32.9 Å². The zero-order valence-corrected chi connectivity index (χ0v) is 20.5. The quantitative estimate of drug-likeness (QED) is 0.557. The molecule has 2 amide bonds. The average molecular weight is 473 g/mol. The molecule has 0 bridgehead atoms. The monoisotopic (exact) mass is 472 g/mol. The zero-order chi connectivity index (χ0) is 25.0. The number of aryl methyl sites for hydroxylation is 1. The number of aromatic nitrogens is 2. The number of carbonyl (C=O) groups is 3. The predicted molar refractivity (Wildman–Crippen MR) is 126 cm³/mol. The number of hydrogen-bond donors (Lipinski definition) is 1. The highest BCUT2D eigenvalue weighted by Gasteiger charge is 2.49. The molecule has 1 aromatic heterocycles. The van der Waals surface area contributed by atoms with E-state index in [0.29, 0.717) is 5.56 Å². The minimum Gasteiger partial charge on any atom is -0.461 e. The molecule has 34 heavy (non-hydrogen) atoms. The van der Waals surface area contributed by atoms with E-state index < -0.39 is 23.2 Å². The van der Waals surface area contributed by atoms with Crippen LogP contribution < -0.4 is 10.2 Å². The van der Waals surface area contributed by atoms with Gasteiger partial charge < -0.3 is 10.1 Å². The third kappa shape index (κ3) is 4.83. The Morgan fingerprint density at radius 2 is 1.88 bits per heavy atom. The lowest BCUT2D eigenvalue weighted by atomic mass is 9.92. The Hall–Kier alpha value is -3.23. The third-order valence-electron chi connectivity index (χ3n) is 6.15. The normalized spacial score (nSPS) is 17.6. The Labute approximate surface area is 199 Å². The number of amides is 2. The van der Waals surface area contributed by atoms with E-state index in [9.17, 15) is 18.8 Å². The number of halogens is 1. The van der Waals surface area contributed by atoms with Gasteiger partial charge in [0.05, 0.1) is 13.2 Å². The summed E-state index contributed by atoms with van der Waals surface area (Å²) in [5.74, 6) is -2.03. The summed E-state index contributed by atoms with van der Waals surface area (Å²) in [6.45, 7) is 9.21. The van der Waals surface area contributed by atoms with Gasteiger partial charge in [0.15, 0.2) is 5.69 Å². The maximum absolute atomic E-state index is 14.5. The Morgan fingerprint density at radius 3 is 2.47 bits per heavy atom. The van der Waals surface area contributed by atoms with Crippen molar-refractivity contribution in [1.29, 1.82) is 0 Å². The topological polar surface area (TPSA) is 93.5 Å². The van der Waals surface area contributed by atoms with Gasteiger partial charge in [-0.2, -0.15) is 5.10 Å². The fraction of sp³-hybridized carbons (Fsp3) is 0.520. The fourth-order valence-corrected chi connectivity index (χ4v) is 4.34. The Balaban J connectivity index is 2.08. The summed E-state index contributed by atoms with van der Waals surface area (Å²) in [6.07, 6.45) is 3.42. The SMILES string of the molecule is CCCC(CCC)NC(=O)C1(C)Cn2nc(C(=O)OCC)cc2C(=O)N1c1ccc(C)c(F)c1. The molecule has 9 heteroatoms. The van der Waals surface area contributed by atoms with Crippen molar-refractivity contribution >= 4 is 23.5 Å². The van der Waals surface area contributed by atoms with Gasteiger partial charge in [0.25, 0.3) is 5.91 Å². The number of benzene rings is 1. The Morgan fingerprint density at radius 1 is 1.21 bits per heavy atom. The van der Waals surface area contributed by atoms with E-state index in [1.165, 1.54) is 21.7 Å². The molecule has 1 atom stereocenters. The van der Waals surface area contributed by atoms with Crippen LogP contribution in [0.4, 0.5) is 10.1 Å². The van der Waals surface area contributed by atoms with Gasteiger partial charge >= 0.3 is 5.97 Å². The van der Waals surface area contributed by atoms with Gasteiger partial charge in [0.1, 0.15) is 17.1 Å². The molecular weight excluding hydrogens is 439 g/mol. The molecular formula is C25H33FN4O4. The van der Waals surface area contributed by atoms with Gasteiger partial charge in [0, 0.05) is 17.8 Å². The lowest BCUT2D eigenvalue weighted by molar-refractivity contribution is -0.127. The molecule has 0 spiro atoms. The Bertz CT molecular complexity index is 1080. The van der Waals surface area contributed by atoms with Gasteiger partial charge in [0.2, 0.25) is 5.91 Å². The lowest BCUT2D eigenvalue weighted by Gasteiger charge is -2.43. The van der Waals surface area contributed by atoms with Crippen molar-refractivity contribution in [2.45, 2.75) is 78.4 Å². The minimum atomic E-state index is -1.40. The van der Waals surface area contributed by atoms with Crippen molar-refractivity contribution in [3.05, 3.63) is 47.0 Å². The van der Waals surface area contributed by atoms with Crippen molar-refractivity contribution in [3.8, 4) is 0 Å². The second-order valence-electron chi connectivity index (χ2n) is 8.89. The van der Waals surface area contributed by atoms with Gasteiger partial charge in [-0.15, -0.1) is 0 Å². The highest BCUT2D eigenvalue weighted by atomic mass is 19.1. The molecule has 2 aromatic rings. The average Bonchev–Trinajstić information content (AvgIpc) is 3.21. The molecule has 184 valence electrons. The minimum absolute atomic E-state index is 0.000221. The molecule has 0 radical (unpaired) electrons. The summed E-state index contributed by atoms with van der Waals surface area (Å²) < 4.78 is 20.9. The highest BCUT2D eigenvalue weighted by molar-refractivity contribution is 6.12. The predicted octanol–water partition coefficient (Wildman–Crippen LogP) is 4.01. The van der Waals surface area contributed by atoms with Gasteiger partial charge in [-0.25, -0.2) is 9.18 Å². The van der Waals surface area contributed by atoms with Crippen LogP contribution in [0.3, 0.4) is 0 Å². The molecule has 0 aliphatic carbocycles. The van der Waals surface area contributed by atoms with Crippen LogP contribution in [0.2, 0.25) is 0 Å². The van der Waals surface area contributed by atoms with Crippen molar-refractivity contribution in [1.82, 2.24) is 15.1 Å². The van der Waals surface area contributed by atoms with Crippen molar-refractivity contribution < 1.29 is 23.5 Å². The largest absolute Gasteiger partial charge is 0.461 e. The zero-order valence-electron chi connectivity index (χ0n) is 20.5. The van der Waals surface area contributed by atoms with Crippen LogP contribution in [-0.4, -0.2) is 45.8 Å². The van der Waals surface area contributed by atoms with E-state index in [-0.39, 0.29) is 42.2 Å². The van der Waals surface area contributed by atoms with E-state index in [0.717, 1.165) is 25.7 Å². The smallest absolute Gasteiger partial charge is 0.358 e. The fourth-order valence-electron chi connectivity index (χ4n) is 4.34. The number of anilines is 1.